The molecule has 0 spiro atoms. The fourth-order valence-electron chi connectivity index (χ4n) is 1.72. The van der Waals surface area contributed by atoms with E-state index in [2.05, 4.69) is 0 Å². The molecule has 4 atom stereocenters. The lowest BCUT2D eigenvalue weighted by atomic mass is 10.2. The van der Waals surface area contributed by atoms with Crippen molar-refractivity contribution in [3.63, 3.8) is 0 Å². The maximum absolute atomic E-state index is 12.0. The predicted octanol–water partition coefficient (Wildman–Crippen LogP) is 0.314. The number of ether oxygens (including phenoxy) is 1. The van der Waals surface area contributed by atoms with Crippen molar-refractivity contribution in [3.8, 4) is 0 Å². The average molecular weight is 221 g/mol. The van der Waals surface area contributed by atoms with E-state index < -0.39 is 15.1 Å². The second-order valence-corrected chi connectivity index (χ2v) is 6.58. The average Bonchev–Trinajstić information content (AvgIpc) is 2.50. The quantitative estimate of drug-likeness (QED) is 0.745. The normalized spacial score (nSPS) is 32.9. The molecule has 1 aliphatic rings. The van der Waals surface area contributed by atoms with Gasteiger partial charge in [-0.3, -0.25) is 0 Å². The van der Waals surface area contributed by atoms with Gasteiger partial charge in [-0.2, -0.15) is 0 Å². The molecule has 1 aliphatic heterocycles. The number of nitrogens with two attached hydrogens (primary N) is 1. The van der Waals surface area contributed by atoms with E-state index in [1.54, 1.807) is 13.8 Å². The zero-order valence-corrected chi connectivity index (χ0v) is 9.75. The van der Waals surface area contributed by atoms with Crippen LogP contribution in [0.5, 0.6) is 0 Å². The van der Waals surface area contributed by atoms with Crippen molar-refractivity contribution < 1.29 is 13.2 Å². The molecule has 14 heavy (non-hydrogen) atoms. The molecule has 0 aliphatic carbocycles. The van der Waals surface area contributed by atoms with Crippen LogP contribution in [0.2, 0.25) is 0 Å². The zero-order chi connectivity index (χ0) is 10.9. The van der Waals surface area contributed by atoms with Gasteiger partial charge in [0.25, 0.3) is 0 Å². The first kappa shape index (κ1) is 11.9. The molecular formula is C9H19NO3S. The summed E-state index contributed by atoms with van der Waals surface area (Å²) < 4.78 is 29.3. The number of sulfone groups is 1. The van der Waals surface area contributed by atoms with Crippen LogP contribution >= 0.6 is 0 Å². The fraction of sp³-hybridized carbons (Fsp3) is 1.00. The van der Waals surface area contributed by atoms with Gasteiger partial charge in [0.2, 0.25) is 0 Å². The highest BCUT2D eigenvalue weighted by Gasteiger charge is 2.39. The second-order valence-electron chi connectivity index (χ2n) is 4.06. The van der Waals surface area contributed by atoms with E-state index >= 15 is 0 Å². The molecule has 4 unspecified atom stereocenters. The number of hydrogen-bond donors (Lipinski definition) is 1. The highest BCUT2D eigenvalue weighted by Crippen LogP contribution is 2.24. The van der Waals surface area contributed by atoms with Gasteiger partial charge in [-0.1, -0.05) is 0 Å². The topological polar surface area (TPSA) is 69.4 Å². The lowest BCUT2D eigenvalue weighted by molar-refractivity contribution is 0.126. The Morgan fingerprint density at radius 1 is 1.43 bits per heavy atom. The van der Waals surface area contributed by atoms with E-state index in [1.807, 2.05) is 6.92 Å². The fourth-order valence-corrected chi connectivity index (χ4v) is 3.91. The Kier molecular flexibility index (Phi) is 3.55. The minimum atomic E-state index is -3.14. The third-order valence-corrected chi connectivity index (χ3v) is 5.92. The molecule has 0 aromatic heterocycles. The highest BCUT2D eigenvalue weighted by atomic mass is 32.2. The van der Waals surface area contributed by atoms with Crippen LogP contribution in [0.4, 0.5) is 0 Å². The molecule has 0 bridgehead atoms. The summed E-state index contributed by atoms with van der Waals surface area (Å²) in [4.78, 5) is 0. The van der Waals surface area contributed by atoms with Crippen LogP contribution in [-0.4, -0.2) is 37.7 Å². The van der Waals surface area contributed by atoms with Gasteiger partial charge < -0.3 is 10.5 Å². The van der Waals surface area contributed by atoms with E-state index in [0.29, 0.717) is 13.0 Å². The first-order valence-electron chi connectivity index (χ1n) is 4.97. The first-order valence-corrected chi connectivity index (χ1v) is 6.58. The van der Waals surface area contributed by atoms with Crippen molar-refractivity contribution >= 4 is 9.84 Å². The largest absolute Gasteiger partial charge is 0.377 e. The summed E-state index contributed by atoms with van der Waals surface area (Å²) in [6, 6.07) is -0.326. The third-order valence-electron chi connectivity index (χ3n) is 2.99. The van der Waals surface area contributed by atoms with Gasteiger partial charge in [0.05, 0.1) is 16.6 Å². The maximum atomic E-state index is 12.0. The van der Waals surface area contributed by atoms with Gasteiger partial charge in [0.15, 0.2) is 9.84 Å². The van der Waals surface area contributed by atoms with E-state index in [0.717, 1.165) is 0 Å². The summed E-state index contributed by atoms with van der Waals surface area (Å²) >= 11 is 0. The summed E-state index contributed by atoms with van der Waals surface area (Å²) in [6.45, 7) is 5.74. The lowest BCUT2D eigenvalue weighted by Gasteiger charge is -2.22. The number of hydrogen-bond acceptors (Lipinski definition) is 4. The van der Waals surface area contributed by atoms with Crippen LogP contribution < -0.4 is 5.73 Å². The van der Waals surface area contributed by atoms with Gasteiger partial charge in [0, 0.05) is 12.6 Å². The molecule has 0 radical (unpaired) electrons. The molecule has 1 heterocycles. The summed E-state index contributed by atoms with van der Waals surface area (Å²) in [5.74, 6) is 0. The van der Waals surface area contributed by atoms with E-state index in [9.17, 15) is 8.42 Å². The monoisotopic (exact) mass is 221 g/mol. The minimum Gasteiger partial charge on any atom is -0.377 e. The smallest absolute Gasteiger partial charge is 0.159 e. The minimum absolute atomic E-state index is 0.193. The zero-order valence-electron chi connectivity index (χ0n) is 8.93. The maximum Gasteiger partial charge on any atom is 0.159 e. The molecular weight excluding hydrogens is 202 g/mol. The Labute approximate surface area is 85.7 Å². The van der Waals surface area contributed by atoms with E-state index in [1.165, 1.54) is 0 Å². The molecule has 1 rings (SSSR count). The van der Waals surface area contributed by atoms with Crippen molar-refractivity contribution in [3.05, 3.63) is 0 Å². The van der Waals surface area contributed by atoms with Crippen molar-refractivity contribution in [1.82, 2.24) is 0 Å². The van der Waals surface area contributed by atoms with Crippen LogP contribution in [0.1, 0.15) is 27.2 Å². The van der Waals surface area contributed by atoms with E-state index in [-0.39, 0.29) is 17.4 Å². The summed E-state index contributed by atoms with van der Waals surface area (Å²) in [7, 11) is -3.14. The Morgan fingerprint density at radius 2 is 2.00 bits per heavy atom. The Balaban J connectivity index is 2.84. The molecule has 0 amide bonds. The van der Waals surface area contributed by atoms with E-state index in [4.69, 9.17) is 10.5 Å². The second kappa shape index (κ2) is 4.16. The molecule has 1 saturated heterocycles. The standard InChI is InChI=1S/C9H19NO3S/c1-6(10)8(3)14(11,12)9-4-5-13-7(9)2/h6-9H,4-5,10H2,1-3H3. The van der Waals surface area contributed by atoms with Crippen molar-refractivity contribution in [2.45, 2.75) is 49.8 Å². The number of rotatable bonds is 3. The van der Waals surface area contributed by atoms with Crippen LogP contribution in [-0.2, 0) is 14.6 Å². The van der Waals surface area contributed by atoms with Crippen molar-refractivity contribution in [2.24, 2.45) is 5.73 Å². The Morgan fingerprint density at radius 3 is 2.36 bits per heavy atom. The highest BCUT2D eigenvalue weighted by molar-refractivity contribution is 7.92. The lowest BCUT2D eigenvalue weighted by Crippen LogP contribution is -2.43. The summed E-state index contributed by atoms with van der Waals surface area (Å²) in [5.41, 5.74) is 5.62. The van der Waals surface area contributed by atoms with Gasteiger partial charge >= 0.3 is 0 Å². The summed E-state index contributed by atoms with van der Waals surface area (Å²) in [6.07, 6.45) is 0.404. The molecule has 1 fully saturated rings. The van der Waals surface area contributed by atoms with Crippen LogP contribution in [0.15, 0.2) is 0 Å². The van der Waals surface area contributed by atoms with Crippen LogP contribution in [0.3, 0.4) is 0 Å². The molecule has 0 saturated carbocycles. The van der Waals surface area contributed by atoms with Crippen LogP contribution in [0.25, 0.3) is 0 Å². The van der Waals surface area contributed by atoms with Gasteiger partial charge in [-0.25, -0.2) is 8.42 Å². The molecule has 5 heteroatoms. The van der Waals surface area contributed by atoms with Crippen LogP contribution in [0, 0.1) is 0 Å². The SMILES string of the molecule is CC(N)C(C)S(=O)(=O)C1CCOC1C. The molecule has 84 valence electrons. The molecule has 2 N–H and O–H groups in total. The molecule has 4 nitrogen and oxygen atoms in total. The van der Waals surface area contributed by atoms with Crippen molar-refractivity contribution in [2.75, 3.05) is 6.61 Å². The molecule has 0 aromatic carbocycles. The van der Waals surface area contributed by atoms with Gasteiger partial charge in [0.1, 0.15) is 0 Å². The van der Waals surface area contributed by atoms with Gasteiger partial charge in [-0.15, -0.1) is 0 Å². The predicted molar refractivity (Wildman–Crippen MR) is 55.9 cm³/mol. The first-order chi connectivity index (χ1) is 6.37. The summed E-state index contributed by atoms with van der Waals surface area (Å²) in [5, 5.41) is -0.861. The Hall–Kier alpha value is -0.130. The molecule has 0 aromatic rings. The Bertz CT molecular complexity index is 286. The van der Waals surface area contributed by atoms with Crippen molar-refractivity contribution in [1.29, 1.82) is 0 Å². The van der Waals surface area contributed by atoms with Gasteiger partial charge in [-0.05, 0) is 27.2 Å². The third kappa shape index (κ3) is 2.10.